The van der Waals surface area contributed by atoms with Crippen LogP contribution in [0.3, 0.4) is 0 Å². The molecule has 158 valence electrons. The third-order valence-electron chi connectivity index (χ3n) is 5.88. The Balaban J connectivity index is 1.36. The molecule has 31 heavy (non-hydrogen) atoms. The van der Waals surface area contributed by atoms with E-state index in [4.69, 9.17) is 0 Å². The maximum Gasteiger partial charge on any atom is -0.00438 e. The van der Waals surface area contributed by atoms with Crippen molar-refractivity contribution in [2.45, 2.75) is 19.3 Å². The second kappa shape index (κ2) is 12.1. The van der Waals surface area contributed by atoms with Gasteiger partial charge in [-0.15, -0.1) is 0 Å². The van der Waals surface area contributed by atoms with Crippen LogP contribution in [0.1, 0.15) is 19.3 Å². The van der Waals surface area contributed by atoms with Gasteiger partial charge >= 0.3 is 0 Å². The second-order valence-electron chi connectivity index (χ2n) is 8.07. The minimum atomic E-state index is -0.262. The molecule has 0 radical (unpaired) electrons. The molecule has 0 heterocycles. The summed E-state index contributed by atoms with van der Waals surface area (Å²) >= 11 is 0. The molecule has 1 aliphatic carbocycles. The molecule has 2 heteroatoms. The van der Waals surface area contributed by atoms with Crippen LogP contribution >= 0.6 is 15.8 Å². The second-order valence-corrected chi connectivity index (χ2v) is 12.9. The summed E-state index contributed by atoms with van der Waals surface area (Å²) in [5.41, 5.74) is 0. The van der Waals surface area contributed by atoms with E-state index >= 15 is 0 Å². The molecule has 4 rings (SSSR count). The summed E-state index contributed by atoms with van der Waals surface area (Å²) in [6.45, 7) is 0. The van der Waals surface area contributed by atoms with Crippen molar-refractivity contribution in [2.24, 2.45) is 5.92 Å². The highest BCUT2D eigenvalue weighted by atomic mass is 31.1. The maximum absolute atomic E-state index is 2.35. The van der Waals surface area contributed by atoms with Gasteiger partial charge in [-0.25, -0.2) is 0 Å². The van der Waals surface area contributed by atoms with Gasteiger partial charge < -0.3 is 0 Å². The van der Waals surface area contributed by atoms with Gasteiger partial charge in [0, 0.05) is 0 Å². The van der Waals surface area contributed by atoms with Gasteiger partial charge in [0.2, 0.25) is 0 Å². The lowest BCUT2D eigenvalue weighted by molar-refractivity contribution is 0.787. The minimum absolute atomic E-state index is 0.0719. The van der Waals surface area contributed by atoms with Gasteiger partial charge in [-0.05, 0) is 67.5 Å². The summed E-state index contributed by atoms with van der Waals surface area (Å²) in [6.07, 6.45) is 17.0. The Kier molecular flexibility index (Phi) is 8.70. The molecular formula is C29H32P2. The van der Waals surface area contributed by atoms with Crippen LogP contribution in [0.5, 0.6) is 0 Å². The van der Waals surface area contributed by atoms with Gasteiger partial charge in [-0.3, -0.25) is 0 Å². The quantitative estimate of drug-likeness (QED) is 0.225. The van der Waals surface area contributed by atoms with Crippen LogP contribution in [-0.4, -0.2) is 18.5 Å². The van der Waals surface area contributed by atoms with Crippen LogP contribution in [0.15, 0.2) is 115 Å². The van der Waals surface area contributed by atoms with Crippen LogP contribution in [-0.2, 0) is 0 Å². The molecule has 0 spiro atoms. The molecule has 0 aromatic heterocycles. The lowest BCUT2D eigenvalue weighted by atomic mass is 10.1. The summed E-state index contributed by atoms with van der Waals surface area (Å²) in [7, 11) is -0.334. The zero-order chi connectivity index (χ0) is 21.1. The average molecular weight is 443 g/mol. The van der Waals surface area contributed by atoms with Crippen molar-refractivity contribution in [3.63, 3.8) is 0 Å². The highest BCUT2D eigenvalue weighted by molar-refractivity contribution is 7.73. The Morgan fingerprint density at radius 2 is 1.00 bits per heavy atom. The number of hydrogen-bond donors (Lipinski definition) is 0. The van der Waals surface area contributed by atoms with Gasteiger partial charge in [0.25, 0.3) is 0 Å². The van der Waals surface area contributed by atoms with Crippen molar-refractivity contribution in [3.8, 4) is 0 Å². The third kappa shape index (κ3) is 6.74. The molecule has 0 N–H and O–H groups in total. The van der Waals surface area contributed by atoms with Gasteiger partial charge in [-0.2, -0.15) is 0 Å². The third-order valence-corrected chi connectivity index (χ3v) is 11.2. The van der Waals surface area contributed by atoms with Gasteiger partial charge in [-0.1, -0.05) is 123 Å². The van der Waals surface area contributed by atoms with Crippen molar-refractivity contribution >= 4 is 31.8 Å². The fourth-order valence-corrected chi connectivity index (χ4v) is 9.15. The minimum Gasteiger partial charge on any atom is -0.0776 e. The Bertz CT molecular complexity index is 896. The SMILES string of the molecule is C1=CC(CCP(CCCCP(c2ccccc2)c2ccccc2)c2ccccc2)C=C1. The van der Waals surface area contributed by atoms with Crippen LogP contribution in [0, 0.1) is 5.92 Å². The lowest BCUT2D eigenvalue weighted by Crippen LogP contribution is -2.14. The molecule has 1 atom stereocenters. The summed E-state index contributed by atoms with van der Waals surface area (Å²) in [5.74, 6) is 0.651. The van der Waals surface area contributed by atoms with E-state index in [1.165, 1.54) is 48.4 Å². The van der Waals surface area contributed by atoms with E-state index in [1.807, 2.05) is 0 Å². The highest BCUT2D eigenvalue weighted by Crippen LogP contribution is 2.40. The van der Waals surface area contributed by atoms with E-state index in [-0.39, 0.29) is 15.8 Å². The van der Waals surface area contributed by atoms with Gasteiger partial charge in [0.1, 0.15) is 0 Å². The molecule has 1 unspecified atom stereocenters. The summed E-state index contributed by atoms with van der Waals surface area (Å²) in [4.78, 5) is 0. The molecule has 0 saturated carbocycles. The fraction of sp³-hybridized carbons (Fsp3) is 0.241. The molecular weight excluding hydrogens is 410 g/mol. The van der Waals surface area contributed by atoms with Crippen molar-refractivity contribution in [2.75, 3.05) is 18.5 Å². The first-order valence-corrected chi connectivity index (χ1v) is 14.7. The van der Waals surface area contributed by atoms with E-state index in [0.717, 1.165) is 0 Å². The first-order chi connectivity index (χ1) is 15.4. The summed E-state index contributed by atoms with van der Waals surface area (Å²) < 4.78 is 0. The number of benzene rings is 3. The van der Waals surface area contributed by atoms with Gasteiger partial charge in [0.15, 0.2) is 0 Å². The molecule has 1 aliphatic rings. The van der Waals surface area contributed by atoms with E-state index in [2.05, 4.69) is 115 Å². The Morgan fingerprint density at radius 3 is 1.55 bits per heavy atom. The fourth-order valence-electron chi connectivity index (χ4n) is 4.18. The average Bonchev–Trinajstić information content (AvgIpc) is 3.36. The van der Waals surface area contributed by atoms with Crippen LogP contribution in [0.25, 0.3) is 0 Å². The molecule has 3 aromatic rings. The molecule has 0 amide bonds. The summed E-state index contributed by atoms with van der Waals surface area (Å²) in [5, 5.41) is 4.60. The monoisotopic (exact) mass is 442 g/mol. The van der Waals surface area contributed by atoms with Crippen LogP contribution in [0.2, 0.25) is 0 Å². The lowest BCUT2D eigenvalue weighted by Gasteiger charge is -2.21. The molecule has 0 bridgehead atoms. The van der Waals surface area contributed by atoms with Crippen LogP contribution in [0.4, 0.5) is 0 Å². The first-order valence-electron chi connectivity index (χ1n) is 11.4. The zero-order valence-electron chi connectivity index (χ0n) is 18.2. The first kappa shape index (κ1) is 22.2. The van der Waals surface area contributed by atoms with E-state index in [1.54, 1.807) is 5.30 Å². The van der Waals surface area contributed by atoms with E-state index < -0.39 is 0 Å². The standard InChI is InChI=1S/C29H32P2/c1-4-16-27(17-5-1)30(25-22-26-14-10-11-15-26)23-12-13-24-31(28-18-6-2-7-19-28)29-20-8-3-9-21-29/h1-11,14-21,26H,12-13,22-25H2. The van der Waals surface area contributed by atoms with Crippen molar-refractivity contribution in [3.05, 3.63) is 115 Å². The summed E-state index contributed by atoms with van der Waals surface area (Å²) in [6, 6.07) is 33.6. The zero-order valence-corrected chi connectivity index (χ0v) is 20.0. The maximum atomic E-state index is 2.35. The topological polar surface area (TPSA) is 0 Å². The Hall–Kier alpha value is -2.00. The van der Waals surface area contributed by atoms with Crippen LogP contribution < -0.4 is 15.9 Å². The van der Waals surface area contributed by atoms with E-state index in [0.29, 0.717) is 5.92 Å². The predicted molar refractivity (Wildman–Crippen MR) is 142 cm³/mol. The highest BCUT2D eigenvalue weighted by Gasteiger charge is 2.16. The number of allylic oxidation sites excluding steroid dienone is 4. The smallest absolute Gasteiger partial charge is 0.00438 e. The van der Waals surface area contributed by atoms with Gasteiger partial charge in [0.05, 0.1) is 0 Å². The largest absolute Gasteiger partial charge is 0.0776 e. The van der Waals surface area contributed by atoms with Crippen molar-refractivity contribution in [1.82, 2.24) is 0 Å². The normalized spacial score (nSPS) is 14.4. The Morgan fingerprint density at radius 1 is 0.516 bits per heavy atom. The number of rotatable bonds is 11. The number of hydrogen-bond acceptors (Lipinski definition) is 0. The number of unbranched alkanes of at least 4 members (excludes halogenated alkanes) is 1. The molecule has 0 nitrogen and oxygen atoms in total. The van der Waals surface area contributed by atoms with E-state index in [9.17, 15) is 0 Å². The predicted octanol–water partition coefficient (Wildman–Crippen LogP) is 6.84. The Labute approximate surface area is 190 Å². The molecule has 0 saturated heterocycles. The molecule has 0 aliphatic heterocycles. The molecule has 3 aromatic carbocycles. The molecule has 0 fully saturated rings. The van der Waals surface area contributed by atoms with Crippen molar-refractivity contribution < 1.29 is 0 Å². The van der Waals surface area contributed by atoms with Crippen molar-refractivity contribution in [1.29, 1.82) is 0 Å².